The quantitative estimate of drug-likeness (QED) is 0.463. The van der Waals surface area contributed by atoms with Gasteiger partial charge in [-0.1, -0.05) is 0 Å². The van der Waals surface area contributed by atoms with Gasteiger partial charge in [0.1, 0.15) is 24.5 Å². The number of hydrogen-bond acceptors (Lipinski definition) is 8. The van der Waals surface area contributed by atoms with Crippen molar-refractivity contribution in [3.63, 3.8) is 0 Å². The summed E-state index contributed by atoms with van der Waals surface area (Å²) >= 11 is 0. The van der Waals surface area contributed by atoms with E-state index in [2.05, 4.69) is 21.0 Å². The molecule has 0 aliphatic carbocycles. The molecule has 23 heavy (non-hydrogen) atoms. The number of carbonyl (C=O) groups is 2. The largest absolute Gasteiger partial charge is 0.480 e. The van der Waals surface area contributed by atoms with Crippen molar-refractivity contribution < 1.29 is 36.6 Å². The Morgan fingerprint density at radius 2 is 1.04 bits per heavy atom. The molecule has 0 aromatic heterocycles. The molecular formula is C12H20CoN4O6. The van der Waals surface area contributed by atoms with Gasteiger partial charge in [0, 0.05) is 28.2 Å². The minimum absolute atomic E-state index is 0. The molecular weight excluding hydrogens is 355 g/mol. The van der Waals surface area contributed by atoms with Gasteiger partial charge in [0.05, 0.1) is 0 Å². The molecule has 0 aromatic carbocycles. The first kappa shape index (κ1) is 25.7. The summed E-state index contributed by atoms with van der Waals surface area (Å²) in [6.07, 6.45) is 0. The molecule has 0 aliphatic heterocycles. The van der Waals surface area contributed by atoms with E-state index >= 15 is 0 Å². The molecule has 133 valence electrons. The number of nitroso groups, excluding NO2 is 2. The van der Waals surface area contributed by atoms with E-state index in [0.29, 0.717) is 11.4 Å². The Morgan fingerprint density at radius 1 is 0.783 bits per heavy atom. The van der Waals surface area contributed by atoms with E-state index in [1.807, 2.05) is 0 Å². The molecule has 0 rings (SSSR count). The predicted molar refractivity (Wildman–Crippen MR) is 79.6 cm³/mol. The fourth-order valence-electron chi connectivity index (χ4n) is 0.809. The Hall–Kier alpha value is -2.27. The van der Waals surface area contributed by atoms with E-state index in [1.54, 1.807) is 13.8 Å². The summed E-state index contributed by atoms with van der Waals surface area (Å²) in [5, 5.41) is 26.8. The van der Waals surface area contributed by atoms with Crippen molar-refractivity contribution in [2.45, 2.75) is 27.7 Å². The molecule has 0 spiro atoms. The molecule has 0 bridgehead atoms. The van der Waals surface area contributed by atoms with Gasteiger partial charge < -0.3 is 20.8 Å². The van der Waals surface area contributed by atoms with Crippen molar-refractivity contribution in [3.8, 4) is 0 Å². The van der Waals surface area contributed by atoms with Gasteiger partial charge in [-0.2, -0.15) is 0 Å². The number of carboxylic acid groups (broad SMARTS) is 2. The van der Waals surface area contributed by atoms with E-state index in [-0.39, 0.29) is 41.3 Å². The first-order chi connectivity index (χ1) is 10.1. The molecule has 0 aliphatic rings. The zero-order chi connectivity index (χ0) is 17.7. The summed E-state index contributed by atoms with van der Waals surface area (Å²) < 4.78 is 0. The Labute approximate surface area is 143 Å². The second-order valence-corrected chi connectivity index (χ2v) is 4.10. The van der Waals surface area contributed by atoms with Crippen molar-refractivity contribution >= 4 is 11.9 Å². The van der Waals surface area contributed by atoms with Crippen LogP contribution in [0.5, 0.6) is 0 Å². The monoisotopic (exact) mass is 375 g/mol. The fraction of sp³-hybridized carbons (Fsp3) is 0.500. The van der Waals surface area contributed by atoms with Gasteiger partial charge in [-0.15, -0.1) is 9.81 Å². The van der Waals surface area contributed by atoms with Crippen molar-refractivity contribution in [2.24, 2.45) is 10.4 Å². The maximum absolute atomic E-state index is 10.0. The van der Waals surface area contributed by atoms with Crippen LogP contribution >= 0.6 is 0 Å². The minimum Gasteiger partial charge on any atom is -0.480 e. The molecule has 1 radical (unpaired) electrons. The summed E-state index contributed by atoms with van der Waals surface area (Å²) in [6.45, 7) is 5.82. The normalized spacial score (nSPS) is 11.3. The van der Waals surface area contributed by atoms with Crippen LogP contribution in [-0.2, 0) is 26.4 Å². The average Bonchev–Trinajstić information content (AvgIpc) is 2.48. The van der Waals surface area contributed by atoms with E-state index in [4.69, 9.17) is 10.2 Å². The van der Waals surface area contributed by atoms with E-state index in [1.165, 1.54) is 13.8 Å². The number of carboxylic acids is 2. The molecule has 0 unspecified atom stereocenters. The third kappa shape index (κ3) is 15.9. The van der Waals surface area contributed by atoms with Gasteiger partial charge in [-0.25, -0.2) is 0 Å². The van der Waals surface area contributed by atoms with Gasteiger partial charge in [0.25, 0.3) is 0 Å². The van der Waals surface area contributed by atoms with Gasteiger partial charge in [-0.3, -0.25) is 9.59 Å². The van der Waals surface area contributed by atoms with Crippen LogP contribution in [0.4, 0.5) is 0 Å². The van der Waals surface area contributed by atoms with Crippen LogP contribution in [0.1, 0.15) is 27.7 Å². The van der Waals surface area contributed by atoms with E-state index in [0.717, 1.165) is 0 Å². The molecule has 0 aromatic rings. The Bertz CT molecular complexity index is 446. The topological polar surface area (TPSA) is 158 Å². The van der Waals surface area contributed by atoms with Crippen LogP contribution in [0.3, 0.4) is 0 Å². The molecule has 0 heterocycles. The molecule has 10 nitrogen and oxygen atoms in total. The standard InChI is InChI=1S/2C6H10N2O3.Co/c2*1-4(5(2)8-11)7-3-6(9)10;/h2*7H,3H2,1-2H3,(H,9,10);. The first-order valence-corrected chi connectivity index (χ1v) is 6.08. The van der Waals surface area contributed by atoms with Gasteiger partial charge in [0.2, 0.25) is 0 Å². The zero-order valence-corrected chi connectivity index (χ0v) is 14.2. The maximum Gasteiger partial charge on any atom is 0.322 e. The molecule has 0 saturated heterocycles. The second-order valence-electron chi connectivity index (χ2n) is 4.10. The molecule has 11 heteroatoms. The van der Waals surface area contributed by atoms with Crippen LogP contribution in [-0.4, -0.2) is 35.2 Å². The fourth-order valence-corrected chi connectivity index (χ4v) is 0.809. The molecule has 0 fully saturated rings. The number of allylic oxidation sites excluding steroid dienone is 4. The third-order valence-corrected chi connectivity index (χ3v) is 2.37. The average molecular weight is 375 g/mol. The first-order valence-electron chi connectivity index (χ1n) is 6.08. The van der Waals surface area contributed by atoms with Crippen LogP contribution in [0.15, 0.2) is 33.1 Å². The zero-order valence-electron chi connectivity index (χ0n) is 13.2. The maximum atomic E-state index is 10.0. The Kier molecular flexibility index (Phi) is 16.4. The van der Waals surface area contributed by atoms with Gasteiger partial charge in [-0.05, 0) is 38.0 Å². The smallest absolute Gasteiger partial charge is 0.322 e. The molecule has 0 saturated carbocycles. The Balaban J connectivity index is -0.000000333. The molecule has 0 atom stereocenters. The van der Waals surface area contributed by atoms with Crippen LogP contribution < -0.4 is 10.6 Å². The summed E-state index contributed by atoms with van der Waals surface area (Å²) in [5.74, 6) is -1.94. The van der Waals surface area contributed by atoms with Crippen molar-refractivity contribution in [2.75, 3.05) is 13.1 Å². The van der Waals surface area contributed by atoms with Crippen LogP contribution in [0.25, 0.3) is 0 Å². The summed E-state index contributed by atoms with van der Waals surface area (Å²) in [5.41, 5.74) is 1.52. The van der Waals surface area contributed by atoms with E-state index < -0.39 is 11.9 Å². The summed E-state index contributed by atoms with van der Waals surface area (Å²) in [7, 11) is 0. The summed E-state index contributed by atoms with van der Waals surface area (Å²) in [4.78, 5) is 39.8. The second kappa shape index (κ2) is 14.7. The third-order valence-electron chi connectivity index (χ3n) is 2.37. The number of rotatable bonds is 8. The van der Waals surface area contributed by atoms with Crippen LogP contribution in [0.2, 0.25) is 0 Å². The number of hydrogen-bond donors (Lipinski definition) is 4. The predicted octanol–water partition coefficient (Wildman–Crippen LogP) is 1.35. The molecule has 4 N–H and O–H groups in total. The van der Waals surface area contributed by atoms with Crippen molar-refractivity contribution in [1.82, 2.24) is 10.6 Å². The van der Waals surface area contributed by atoms with E-state index in [9.17, 15) is 19.4 Å². The Morgan fingerprint density at radius 3 is 1.22 bits per heavy atom. The summed E-state index contributed by atoms with van der Waals surface area (Å²) in [6, 6.07) is 0. The van der Waals surface area contributed by atoms with Crippen LogP contribution in [0, 0.1) is 9.81 Å². The number of aliphatic carboxylic acids is 2. The molecule has 0 amide bonds. The van der Waals surface area contributed by atoms with Crippen molar-refractivity contribution in [3.05, 3.63) is 32.6 Å². The number of nitrogens with zero attached hydrogens (tertiary/aromatic N) is 2. The van der Waals surface area contributed by atoms with Gasteiger partial charge in [0.15, 0.2) is 0 Å². The van der Waals surface area contributed by atoms with Crippen molar-refractivity contribution in [1.29, 1.82) is 0 Å². The van der Waals surface area contributed by atoms with Gasteiger partial charge >= 0.3 is 11.9 Å². The SMILES string of the molecule is CC(N=O)=C(C)NCC(=O)O.CC(N=O)=C(C)NCC(=O)O.[Co]. The number of nitrogens with one attached hydrogen (secondary N) is 2. The minimum atomic E-state index is -0.969.